The van der Waals surface area contributed by atoms with Crippen molar-refractivity contribution in [1.82, 2.24) is 15.8 Å². The quantitative estimate of drug-likeness (QED) is 0.690. The highest BCUT2D eigenvalue weighted by atomic mass is 16.5. The van der Waals surface area contributed by atoms with Gasteiger partial charge in [-0.15, -0.1) is 0 Å². The van der Waals surface area contributed by atoms with Crippen LogP contribution in [0.5, 0.6) is 0 Å². The number of amides is 2. The molecule has 1 aromatic carbocycles. The monoisotopic (exact) mass is 305 g/mol. The summed E-state index contributed by atoms with van der Waals surface area (Å²) in [7, 11) is 0. The number of carbonyl (C=O) groups is 3. The average molecular weight is 305 g/mol. The predicted molar refractivity (Wildman–Crippen MR) is 76.1 cm³/mol. The molecule has 1 aromatic heterocycles. The Bertz CT molecular complexity index is 722. The molecule has 0 saturated carbocycles. The molecule has 0 spiro atoms. The SMILES string of the molecule is Cc1ccc2onc(CC(=O)NCC(=O)NCC(=O)O)c2c1. The molecule has 2 rings (SSSR count). The van der Waals surface area contributed by atoms with Crippen LogP contribution in [-0.4, -0.2) is 41.1 Å². The van der Waals surface area contributed by atoms with Crippen molar-refractivity contribution in [3.05, 3.63) is 29.5 Å². The first kappa shape index (κ1) is 15.5. The van der Waals surface area contributed by atoms with E-state index >= 15 is 0 Å². The Labute approximate surface area is 125 Å². The summed E-state index contributed by atoms with van der Waals surface area (Å²) in [4.78, 5) is 33.4. The molecule has 0 saturated heterocycles. The van der Waals surface area contributed by atoms with Crippen molar-refractivity contribution >= 4 is 28.8 Å². The van der Waals surface area contributed by atoms with Crippen molar-refractivity contribution < 1.29 is 24.0 Å². The number of hydrogen-bond donors (Lipinski definition) is 3. The standard InChI is InChI=1S/C14H15N3O5/c1-8-2-3-11-9(4-8)10(17-22-11)5-12(18)15-6-13(19)16-7-14(20)21/h2-4H,5-7H2,1H3,(H,15,18)(H,16,19)(H,20,21). The number of aryl methyl sites for hydroxylation is 1. The van der Waals surface area contributed by atoms with Gasteiger partial charge in [-0.25, -0.2) is 0 Å². The summed E-state index contributed by atoms with van der Waals surface area (Å²) in [6.07, 6.45) is -0.0251. The van der Waals surface area contributed by atoms with Crippen LogP contribution in [0.3, 0.4) is 0 Å². The molecule has 116 valence electrons. The summed E-state index contributed by atoms with van der Waals surface area (Å²) in [6.45, 7) is 1.14. The van der Waals surface area contributed by atoms with Crippen LogP contribution in [-0.2, 0) is 20.8 Å². The Hall–Kier alpha value is -2.90. The van der Waals surface area contributed by atoms with E-state index in [1.54, 1.807) is 6.07 Å². The van der Waals surface area contributed by atoms with Gasteiger partial charge in [-0.05, 0) is 19.1 Å². The van der Waals surface area contributed by atoms with Gasteiger partial charge in [-0.1, -0.05) is 16.8 Å². The lowest BCUT2D eigenvalue weighted by atomic mass is 10.1. The fourth-order valence-electron chi connectivity index (χ4n) is 1.86. The second-order valence-corrected chi connectivity index (χ2v) is 4.75. The molecule has 0 atom stereocenters. The Kier molecular flexibility index (Phi) is 4.72. The molecule has 22 heavy (non-hydrogen) atoms. The van der Waals surface area contributed by atoms with E-state index in [1.165, 1.54) is 0 Å². The molecular weight excluding hydrogens is 290 g/mol. The van der Waals surface area contributed by atoms with Gasteiger partial charge in [0, 0.05) is 5.39 Å². The summed E-state index contributed by atoms with van der Waals surface area (Å²) in [5, 5.41) is 17.6. The molecule has 8 heteroatoms. The molecule has 0 unspecified atom stereocenters. The number of fused-ring (bicyclic) bond motifs is 1. The average Bonchev–Trinajstić information content (AvgIpc) is 2.85. The van der Waals surface area contributed by atoms with Crippen molar-refractivity contribution in [2.75, 3.05) is 13.1 Å². The summed E-state index contributed by atoms with van der Waals surface area (Å²) in [6, 6.07) is 5.52. The normalized spacial score (nSPS) is 10.4. The first-order valence-electron chi connectivity index (χ1n) is 6.56. The van der Waals surface area contributed by atoms with Gasteiger partial charge in [-0.2, -0.15) is 0 Å². The fourth-order valence-corrected chi connectivity index (χ4v) is 1.86. The highest BCUT2D eigenvalue weighted by molar-refractivity contribution is 5.89. The summed E-state index contributed by atoms with van der Waals surface area (Å²) >= 11 is 0. The molecule has 0 aliphatic carbocycles. The highest BCUT2D eigenvalue weighted by Crippen LogP contribution is 2.20. The van der Waals surface area contributed by atoms with E-state index in [4.69, 9.17) is 9.63 Å². The van der Waals surface area contributed by atoms with Crippen LogP contribution in [0, 0.1) is 6.92 Å². The van der Waals surface area contributed by atoms with E-state index in [1.807, 2.05) is 19.1 Å². The minimum absolute atomic E-state index is 0.0251. The van der Waals surface area contributed by atoms with Gasteiger partial charge < -0.3 is 20.3 Å². The molecule has 0 aliphatic rings. The predicted octanol–water partition coefficient (Wildman–Crippen LogP) is -0.00428. The van der Waals surface area contributed by atoms with Gasteiger partial charge in [0.15, 0.2) is 5.58 Å². The number of aliphatic carboxylic acids is 1. The Balaban J connectivity index is 1.90. The minimum atomic E-state index is -1.15. The number of carbonyl (C=O) groups excluding carboxylic acids is 2. The summed E-state index contributed by atoms with van der Waals surface area (Å²) in [5.74, 6) is -2.12. The van der Waals surface area contributed by atoms with Crippen molar-refractivity contribution in [2.45, 2.75) is 13.3 Å². The lowest BCUT2D eigenvalue weighted by molar-refractivity contribution is -0.137. The number of benzene rings is 1. The second-order valence-electron chi connectivity index (χ2n) is 4.75. The maximum Gasteiger partial charge on any atom is 0.322 e. The fraction of sp³-hybridized carbons (Fsp3) is 0.286. The number of nitrogens with one attached hydrogen (secondary N) is 2. The lowest BCUT2D eigenvalue weighted by Crippen LogP contribution is -2.39. The van der Waals surface area contributed by atoms with Crippen molar-refractivity contribution in [3.8, 4) is 0 Å². The van der Waals surface area contributed by atoms with Crippen LogP contribution in [0.25, 0.3) is 11.0 Å². The molecule has 2 amide bonds. The number of nitrogens with zero attached hydrogens (tertiary/aromatic N) is 1. The maximum absolute atomic E-state index is 11.8. The van der Waals surface area contributed by atoms with Crippen LogP contribution < -0.4 is 10.6 Å². The zero-order valence-corrected chi connectivity index (χ0v) is 11.9. The van der Waals surface area contributed by atoms with E-state index in [2.05, 4.69) is 15.8 Å². The van der Waals surface area contributed by atoms with Gasteiger partial charge in [0.1, 0.15) is 12.2 Å². The Morgan fingerprint density at radius 2 is 1.91 bits per heavy atom. The van der Waals surface area contributed by atoms with Gasteiger partial charge in [0.05, 0.1) is 13.0 Å². The van der Waals surface area contributed by atoms with E-state index in [0.717, 1.165) is 10.9 Å². The van der Waals surface area contributed by atoms with Crippen LogP contribution in [0.1, 0.15) is 11.3 Å². The number of hydrogen-bond acceptors (Lipinski definition) is 5. The molecule has 0 radical (unpaired) electrons. The molecule has 1 heterocycles. The number of carboxylic acids is 1. The van der Waals surface area contributed by atoms with Crippen molar-refractivity contribution in [2.24, 2.45) is 0 Å². The Morgan fingerprint density at radius 1 is 1.18 bits per heavy atom. The zero-order valence-electron chi connectivity index (χ0n) is 11.9. The van der Waals surface area contributed by atoms with Gasteiger partial charge in [0.25, 0.3) is 0 Å². The van der Waals surface area contributed by atoms with E-state index in [0.29, 0.717) is 11.3 Å². The van der Waals surface area contributed by atoms with Gasteiger partial charge in [-0.3, -0.25) is 14.4 Å². The van der Waals surface area contributed by atoms with Crippen LogP contribution in [0.15, 0.2) is 22.7 Å². The van der Waals surface area contributed by atoms with Crippen LogP contribution in [0.2, 0.25) is 0 Å². The molecule has 3 N–H and O–H groups in total. The summed E-state index contributed by atoms with van der Waals surface area (Å²) in [5.41, 5.74) is 2.10. The van der Waals surface area contributed by atoms with E-state index < -0.39 is 24.3 Å². The second kappa shape index (κ2) is 6.70. The third kappa shape index (κ3) is 4.05. The van der Waals surface area contributed by atoms with Crippen LogP contribution >= 0.6 is 0 Å². The van der Waals surface area contributed by atoms with E-state index in [9.17, 15) is 14.4 Å². The third-order valence-electron chi connectivity index (χ3n) is 2.91. The van der Waals surface area contributed by atoms with Crippen LogP contribution in [0.4, 0.5) is 0 Å². The highest BCUT2D eigenvalue weighted by Gasteiger charge is 2.13. The molecular formula is C14H15N3O5. The van der Waals surface area contributed by atoms with Gasteiger partial charge >= 0.3 is 5.97 Å². The molecule has 0 bridgehead atoms. The number of rotatable bonds is 6. The first-order valence-corrected chi connectivity index (χ1v) is 6.56. The van der Waals surface area contributed by atoms with Crippen molar-refractivity contribution in [3.63, 3.8) is 0 Å². The van der Waals surface area contributed by atoms with Crippen molar-refractivity contribution in [1.29, 1.82) is 0 Å². The lowest BCUT2D eigenvalue weighted by Gasteiger charge is -2.04. The number of aromatic nitrogens is 1. The molecule has 0 aliphatic heterocycles. The van der Waals surface area contributed by atoms with Gasteiger partial charge in [0.2, 0.25) is 11.8 Å². The topological polar surface area (TPSA) is 122 Å². The third-order valence-corrected chi connectivity index (χ3v) is 2.91. The smallest absolute Gasteiger partial charge is 0.322 e. The largest absolute Gasteiger partial charge is 0.480 e. The molecule has 8 nitrogen and oxygen atoms in total. The van der Waals surface area contributed by atoms with E-state index in [-0.39, 0.29) is 13.0 Å². The number of carboxylic acid groups (broad SMARTS) is 1. The maximum atomic E-state index is 11.8. The minimum Gasteiger partial charge on any atom is -0.480 e. The molecule has 2 aromatic rings. The molecule has 0 fully saturated rings. The summed E-state index contributed by atoms with van der Waals surface area (Å²) < 4.78 is 5.12. The zero-order chi connectivity index (χ0) is 16.1. The Morgan fingerprint density at radius 3 is 2.64 bits per heavy atom. The first-order chi connectivity index (χ1) is 10.5.